The molecule has 1 N–H and O–H groups in total. The molecule has 0 aliphatic rings. The predicted molar refractivity (Wildman–Crippen MR) is 79.9 cm³/mol. The van der Waals surface area contributed by atoms with Crippen LogP contribution in [-0.2, 0) is 18.6 Å². The summed E-state index contributed by atoms with van der Waals surface area (Å²) in [6, 6.07) is 0. The SMILES string of the molecule is CCCCCCOC(=O)CP(=O)(O)OCCCCCC. The van der Waals surface area contributed by atoms with Crippen LogP contribution < -0.4 is 0 Å². The van der Waals surface area contributed by atoms with Crippen molar-refractivity contribution in [1.82, 2.24) is 0 Å². The minimum atomic E-state index is -3.83. The van der Waals surface area contributed by atoms with Crippen molar-refractivity contribution in [2.45, 2.75) is 65.2 Å². The minimum absolute atomic E-state index is 0.220. The van der Waals surface area contributed by atoms with Crippen molar-refractivity contribution in [3.63, 3.8) is 0 Å². The smallest absolute Gasteiger partial charge is 0.339 e. The van der Waals surface area contributed by atoms with Gasteiger partial charge < -0.3 is 14.2 Å². The number of ether oxygens (including phenoxy) is 1. The molecule has 0 aromatic rings. The van der Waals surface area contributed by atoms with Crippen molar-refractivity contribution in [3.05, 3.63) is 0 Å². The van der Waals surface area contributed by atoms with Crippen molar-refractivity contribution in [3.8, 4) is 0 Å². The molecule has 0 fully saturated rings. The van der Waals surface area contributed by atoms with E-state index in [1.807, 2.05) is 0 Å². The van der Waals surface area contributed by atoms with E-state index in [9.17, 15) is 14.3 Å². The summed E-state index contributed by atoms with van der Waals surface area (Å²) < 4.78 is 21.4. The van der Waals surface area contributed by atoms with E-state index in [1.54, 1.807) is 0 Å². The summed E-state index contributed by atoms with van der Waals surface area (Å²) in [6.45, 7) is 4.73. The fraction of sp³-hybridized carbons (Fsp3) is 0.929. The maximum absolute atomic E-state index is 11.6. The van der Waals surface area contributed by atoms with E-state index in [1.165, 1.54) is 0 Å². The second-order valence-electron chi connectivity index (χ2n) is 4.97. The van der Waals surface area contributed by atoms with Crippen molar-refractivity contribution in [1.29, 1.82) is 0 Å². The Bertz CT molecular complexity index is 293. The Balaban J connectivity index is 3.66. The number of rotatable bonds is 13. The molecule has 0 aromatic carbocycles. The number of unbranched alkanes of at least 4 members (excludes halogenated alkanes) is 6. The minimum Gasteiger partial charge on any atom is -0.465 e. The molecule has 6 heteroatoms. The lowest BCUT2D eigenvalue weighted by Gasteiger charge is -2.11. The summed E-state index contributed by atoms with van der Waals surface area (Å²) in [4.78, 5) is 20.9. The number of esters is 1. The van der Waals surface area contributed by atoms with Crippen LogP contribution in [0.15, 0.2) is 0 Å². The van der Waals surface area contributed by atoms with E-state index < -0.39 is 19.7 Å². The molecule has 1 atom stereocenters. The molecule has 1 unspecified atom stereocenters. The zero-order valence-corrected chi connectivity index (χ0v) is 13.7. The molecular weight excluding hydrogens is 279 g/mol. The largest absolute Gasteiger partial charge is 0.465 e. The van der Waals surface area contributed by atoms with Gasteiger partial charge in [0.15, 0.2) is 0 Å². The van der Waals surface area contributed by atoms with Crippen LogP contribution in [0, 0.1) is 0 Å². The molecule has 5 nitrogen and oxygen atoms in total. The highest BCUT2D eigenvalue weighted by atomic mass is 31.2. The first kappa shape index (κ1) is 19.6. The quantitative estimate of drug-likeness (QED) is 0.317. The Hall–Kier alpha value is -0.380. The number of hydrogen-bond donors (Lipinski definition) is 1. The fourth-order valence-electron chi connectivity index (χ4n) is 1.71. The summed E-state index contributed by atoms with van der Waals surface area (Å²) >= 11 is 0. The summed E-state index contributed by atoms with van der Waals surface area (Å²) in [6.07, 6.45) is 7.38. The van der Waals surface area contributed by atoms with Crippen LogP contribution in [0.2, 0.25) is 0 Å². The molecule has 120 valence electrons. The van der Waals surface area contributed by atoms with Crippen molar-refractivity contribution >= 4 is 13.6 Å². The molecule has 0 radical (unpaired) electrons. The average molecular weight is 308 g/mol. The number of carbonyl (C=O) groups excluding carboxylic acids is 1. The van der Waals surface area contributed by atoms with Gasteiger partial charge in [-0.15, -0.1) is 0 Å². The molecular formula is C14H29O5P. The van der Waals surface area contributed by atoms with Crippen LogP contribution in [0.5, 0.6) is 0 Å². The zero-order valence-electron chi connectivity index (χ0n) is 12.8. The molecule has 0 aromatic heterocycles. The summed E-state index contributed by atoms with van der Waals surface area (Å²) in [7, 11) is -3.83. The molecule has 0 amide bonds. The molecule has 0 heterocycles. The van der Waals surface area contributed by atoms with Gasteiger partial charge in [0, 0.05) is 0 Å². The van der Waals surface area contributed by atoms with Gasteiger partial charge in [-0.2, -0.15) is 0 Å². The van der Waals surface area contributed by atoms with Crippen molar-refractivity contribution in [2.24, 2.45) is 0 Å². The van der Waals surface area contributed by atoms with E-state index in [-0.39, 0.29) is 6.61 Å². The van der Waals surface area contributed by atoms with Crippen LogP contribution in [-0.4, -0.2) is 30.2 Å². The van der Waals surface area contributed by atoms with Crippen LogP contribution in [0.4, 0.5) is 0 Å². The van der Waals surface area contributed by atoms with Gasteiger partial charge >= 0.3 is 13.6 Å². The highest BCUT2D eigenvalue weighted by Gasteiger charge is 2.24. The van der Waals surface area contributed by atoms with Crippen LogP contribution >= 0.6 is 7.60 Å². The third kappa shape index (κ3) is 12.6. The second-order valence-corrected chi connectivity index (χ2v) is 6.82. The molecule has 0 aliphatic carbocycles. The maximum Gasteiger partial charge on any atom is 0.339 e. The highest BCUT2D eigenvalue weighted by Crippen LogP contribution is 2.41. The van der Waals surface area contributed by atoms with Gasteiger partial charge in [-0.25, -0.2) is 0 Å². The van der Waals surface area contributed by atoms with Gasteiger partial charge in [0.2, 0.25) is 0 Å². The Labute approximate surface area is 122 Å². The molecule has 0 saturated carbocycles. The fourth-order valence-corrected chi connectivity index (χ4v) is 2.63. The first-order chi connectivity index (χ1) is 9.52. The van der Waals surface area contributed by atoms with Crippen LogP contribution in [0.3, 0.4) is 0 Å². The Kier molecular flexibility index (Phi) is 12.1. The lowest BCUT2D eigenvalue weighted by Crippen LogP contribution is -2.12. The van der Waals surface area contributed by atoms with Gasteiger partial charge in [-0.3, -0.25) is 9.36 Å². The third-order valence-corrected chi connectivity index (χ3v) is 4.12. The van der Waals surface area contributed by atoms with Gasteiger partial charge in [0.05, 0.1) is 13.2 Å². The Morgan fingerprint density at radius 3 is 2.05 bits per heavy atom. The number of hydrogen-bond acceptors (Lipinski definition) is 4. The standard InChI is InChI=1S/C14H29O5P/c1-3-5-7-9-11-18-14(15)13-20(16,17)19-12-10-8-6-4-2/h3-13H2,1-2H3,(H,16,17). The molecule has 0 rings (SSSR count). The molecule has 0 aliphatic heterocycles. The van der Waals surface area contributed by atoms with E-state index in [0.29, 0.717) is 6.61 Å². The summed E-state index contributed by atoms with van der Waals surface area (Å²) in [5.41, 5.74) is 0. The highest BCUT2D eigenvalue weighted by molar-refractivity contribution is 7.53. The maximum atomic E-state index is 11.6. The summed E-state index contributed by atoms with van der Waals surface area (Å²) in [5, 5.41) is 0. The second kappa shape index (κ2) is 12.4. The third-order valence-electron chi connectivity index (χ3n) is 2.88. The first-order valence-corrected chi connectivity index (χ1v) is 9.40. The topological polar surface area (TPSA) is 72.8 Å². The Morgan fingerprint density at radius 1 is 0.950 bits per heavy atom. The first-order valence-electron chi connectivity index (χ1n) is 7.63. The molecule has 20 heavy (non-hydrogen) atoms. The monoisotopic (exact) mass is 308 g/mol. The lowest BCUT2D eigenvalue weighted by molar-refractivity contribution is -0.140. The van der Waals surface area contributed by atoms with Gasteiger partial charge in [-0.05, 0) is 12.8 Å². The van der Waals surface area contributed by atoms with Crippen molar-refractivity contribution in [2.75, 3.05) is 19.4 Å². The molecule has 0 spiro atoms. The zero-order chi connectivity index (χ0) is 15.3. The van der Waals surface area contributed by atoms with E-state index >= 15 is 0 Å². The van der Waals surface area contributed by atoms with E-state index in [4.69, 9.17) is 9.26 Å². The van der Waals surface area contributed by atoms with Crippen LogP contribution in [0.1, 0.15) is 65.2 Å². The van der Waals surface area contributed by atoms with Crippen molar-refractivity contribution < 1.29 is 23.5 Å². The molecule has 0 bridgehead atoms. The number of carbonyl (C=O) groups is 1. The van der Waals surface area contributed by atoms with Gasteiger partial charge in [0.1, 0.15) is 6.16 Å². The average Bonchev–Trinajstić information content (AvgIpc) is 2.37. The lowest BCUT2D eigenvalue weighted by atomic mass is 10.2. The van der Waals surface area contributed by atoms with Crippen LogP contribution in [0.25, 0.3) is 0 Å². The summed E-state index contributed by atoms with van der Waals surface area (Å²) in [5.74, 6) is -0.652. The predicted octanol–water partition coefficient (Wildman–Crippen LogP) is 3.89. The van der Waals surface area contributed by atoms with Gasteiger partial charge in [0.25, 0.3) is 0 Å². The van der Waals surface area contributed by atoms with Gasteiger partial charge in [-0.1, -0.05) is 52.4 Å². The normalized spacial score (nSPS) is 13.9. The molecule has 0 saturated heterocycles. The Morgan fingerprint density at radius 2 is 1.50 bits per heavy atom. The van der Waals surface area contributed by atoms with E-state index in [2.05, 4.69) is 13.8 Å². The van der Waals surface area contributed by atoms with E-state index in [0.717, 1.165) is 51.4 Å².